The number of nitrogens with zero attached hydrogens (tertiary/aromatic N) is 2. The number of carbonyl (C=O) groups is 1. The minimum Gasteiger partial charge on any atom is -0.490 e. The first-order chi connectivity index (χ1) is 14.4. The molecule has 30 heavy (non-hydrogen) atoms. The second-order valence-corrected chi connectivity index (χ2v) is 6.71. The molecule has 0 aliphatic heterocycles. The van der Waals surface area contributed by atoms with Crippen LogP contribution in [0, 0.1) is 25.2 Å². The van der Waals surface area contributed by atoms with Gasteiger partial charge in [0, 0.05) is 0 Å². The molecule has 7 heteroatoms. The van der Waals surface area contributed by atoms with Crippen LogP contribution in [0.5, 0.6) is 11.5 Å². The van der Waals surface area contributed by atoms with Crippen molar-refractivity contribution in [3.63, 3.8) is 0 Å². The summed E-state index contributed by atoms with van der Waals surface area (Å²) in [6, 6.07) is 11.5. The predicted molar refractivity (Wildman–Crippen MR) is 114 cm³/mol. The third-order valence-corrected chi connectivity index (χ3v) is 4.62. The summed E-state index contributed by atoms with van der Waals surface area (Å²) in [5.74, 6) is 0.918. The third kappa shape index (κ3) is 4.61. The van der Waals surface area contributed by atoms with Gasteiger partial charge in [0.2, 0.25) is 0 Å². The summed E-state index contributed by atoms with van der Waals surface area (Å²) in [7, 11) is 1.30. The number of methoxy groups -OCH3 is 1. The fraction of sp³-hybridized carbons (Fsp3) is 0.261. The van der Waals surface area contributed by atoms with E-state index < -0.39 is 5.97 Å². The lowest BCUT2D eigenvalue weighted by Gasteiger charge is -2.12. The zero-order chi connectivity index (χ0) is 21.7. The topological polar surface area (TPSA) is 97.2 Å². The van der Waals surface area contributed by atoms with Crippen LogP contribution in [-0.4, -0.2) is 36.3 Å². The zero-order valence-electron chi connectivity index (χ0n) is 17.4. The van der Waals surface area contributed by atoms with Crippen molar-refractivity contribution >= 4 is 28.7 Å². The summed E-state index contributed by atoms with van der Waals surface area (Å²) in [5.41, 5.74) is 5.14. The number of nitrogens with one attached hydrogen (secondary N) is 1. The van der Waals surface area contributed by atoms with Gasteiger partial charge in [-0.3, -0.25) is 0 Å². The van der Waals surface area contributed by atoms with Crippen LogP contribution in [0.3, 0.4) is 0 Å². The fourth-order valence-electron chi connectivity index (χ4n) is 2.91. The SMILES string of the molecule is CCOc1cc(C=C(C#N)c2nc3cc(C)c(C)cc3[nH]2)ccc1OCC(=O)OC. The van der Waals surface area contributed by atoms with Crippen molar-refractivity contribution in [2.75, 3.05) is 20.3 Å². The van der Waals surface area contributed by atoms with Gasteiger partial charge in [0.25, 0.3) is 0 Å². The van der Waals surface area contributed by atoms with Crippen molar-refractivity contribution in [2.45, 2.75) is 20.8 Å². The van der Waals surface area contributed by atoms with Gasteiger partial charge in [-0.2, -0.15) is 5.26 Å². The van der Waals surface area contributed by atoms with Crippen molar-refractivity contribution in [2.24, 2.45) is 0 Å². The summed E-state index contributed by atoms with van der Waals surface area (Å²) in [6.07, 6.45) is 1.73. The van der Waals surface area contributed by atoms with E-state index in [-0.39, 0.29) is 6.61 Å². The van der Waals surface area contributed by atoms with Crippen molar-refractivity contribution in [3.05, 3.63) is 52.8 Å². The predicted octanol–water partition coefficient (Wildman–Crippen LogP) is 4.19. The lowest BCUT2D eigenvalue weighted by atomic mass is 10.1. The summed E-state index contributed by atoms with van der Waals surface area (Å²) in [6.45, 7) is 6.13. The highest BCUT2D eigenvalue weighted by Gasteiger charge is 2.12. The molecule has 1 heterocycles. The smallest absolute Gasteiger partial charge is 0.343 e. The van der Waals surface area contributed by atoms with Gasteiger partial charge in [-0.15, -0.1) is 0 Å². The van der Waals surface area contributed by atoms with Gasteiger partial charge in [0.05, 0.1) is 30.3 Å². The van der Waals surface area contributed by atoms with Gasteiger partial charge in [0.15, 0.2) is 18.1 Å². The van der Waals surface area contributed by atoms with Crippen LogP contribution in [0.2, 0.25) is 0 Å². The average Bonchev–Trinajstić information content (AvgIpc) is 3.14. The molecule has 0 unspecified atom stereocenters. The number of allylic oxidation sites excluding steroid dienone is 1. The quantitative estimate of drug-likeness (QED) is 0.467. The van der Waals surface area contributed by atoms with Crippen molar-refractivity contribution in [1.29, 1.82) is 5.26 Å². The van der Waals surface area contributed by atoms with E-state index in [1.54, 1.807) is 24.3 Å². The monoisotopic (exact) mass is 405 g/mol. The van der Waals surface area contributed by atoms with Gasteiger partial charge in [-0.25, -0.2) is 9.78 Å². The summed E-state index contributed by atoms with van der Waals surface area (Å²) in [5, 5.41) is 9.69. The first-order valence-corrected chi connectivity index (χ1v) is 9.50. The molecule has 0 radical (unpaired) electrons. The van der Waals surface area contributed by atoms with Crippen molar-refractivity contribution in [3.8, 4) is 17.6 Å². The number of H-pyrrole nitrogens is 1. The number of hydrogen-bond acceptors (Lipinski definition) is 6. The summed E-state index contributed by atoms with van der Waals surface area (Å²) >= 11 is 0. The molecule has 1 N–H and O–H groups in total. The Morgan fingerprint density at radius 2 is 1.93 bits per heavy atom. The molecule has 0 saturated carbocycles. The Labute approximate surface area is 174 Å². The molecule has 2 aromatic carbocycles. The molecular weight excluding hydrogens is 382 g/mol. The lowest BCUT2D eigenvalue weighted by Crippen LogP contribution is -2.13. The molecule has 0 atom stereocenters. The van der Waals surface area contributed by atoms with Gasteiger partial charge in [-0.05, 0) is 67.8 Å². The minimum atomic E-state index is -0.483. The molecule has 0 aliphatic carbocycles. The summed E-state index contributed by atoms with van der Waals surface area (Å²) in [4.78, 5) is 19.1. The zero-order valence-corrected chi connectivity index (χ0v) is 17.4. The van der Waals surface area contributed by atoms with Crippen molar-refractivity contribution < 1.29 is 19.0 Å². The molecule has 0 spiro atoms. The molecule has 0 bridgehead atoms. The van der Waals surface area contributed by atoms with E-state index in [0.717, 1.165) is 27.7 Å². The Kier molecular flexibility index (Phi) is 6.38. The van der Waals surface area contributed by atoms with Gasteiger partial charge in [-0.1, -0.05) is 6.07 Å². The number of aromatic nitrogens is 2. The number of benzene rings is 2. The number of nitriles is 1. The van der Waals surface area contributed by atoms with Crippen LogP contribution in [0.25, 0.3) is 22.7 Å². The van der Waals surface area contributed by atoms with E-state index in [0.29, 0.717) is 29.5 Å². The fourth-order valence-corrected chi connectivity index (χ4v) is 2.91. The molecular formula is C23H23N3O4. The maximum Gasteiger partial charge on any atom is 0.343 e. The molecule has 3 rings (SSSR count). The second kappa shape index (κ2) is 9.14. The van der Waals surface area contributed by atoms with E-state index >= 15 is 0 Å². The highest BCUT2D eigenvalue weighted by atomic mass is 16.6. The molecule has 0 fully saturated rings. The number of imidazole rings is 1. The number of ether oxygens (including phenoxy) is 3. The number of esters is 1. The van der Waals surface area contributed by atoms with E-state index in [4.69, 9.17) is 9.47 Å². The standard InChI is InChI=1S/C23H23N3O4/c1-5-29-21-11-16(6-7-20(21)30-13-22(27)28-4)10-17(12-24)23-25-18-8-14(2)15(3)9-19(18)26-23/h6-11H,5,13H2,1-4H3,(H,25,26). The minimum absolute atomic E-state index is 0.215. The van der Waals surface area contributed by atoms with Crippen molar-refractivity contribution in [1.82, 2.24) is 9.97 Å². The Morgan fingerprint density at radius 1 is 1.17 bits per heavy atom. The highest BCUT2D eigenvalue weighted by Crippen LogP contribution is 2.30. The number of aromatic amines is 1. The molecule has 0 saturated heterocycles. The second-order valence-electron chi connectivity index (χ2n) is 6.71. The molecule has 7 nitrogen and oxygen atoms in total. The Morgan fingerprint density at radius 3 is 2.63 bits per heavy atom. The number of rotatable bonds is 7. The van der Waals surface area contributed by atoms with Gasteiger partial charge >= 0.3 is 5.97 Å². The van der Waals surface area contributed by atoms with Gasteiger partial charge in [0.1, 0.15) is 11.9 Å². The average molecular weight is 405 g/mol. The van der Waals surface area contributed by atoms with Crippen LogP contribution in [0.15, 0.2) is 30.3 Å². The van der Waals surface area contributed by atoms with Crippen LogP contribution in [0.1, 0.15) is 29.4 Å². The van der Waals surface area contributed by atoms with E-state index in [1.807, 2.05) is 32.9 Å². The maximum atomic E-state index is 11.3. The number of fused-ring (bicyclic) bond motifs is 1. The first kappa shape index (κ1) is 20.9. The largest absolute Gasteiger partial charge is 0.490 e. The number of carbonyl (C=O) groups excluding carboxylic acids is 1. The van der Waals surface area contributed by atoms with E-state index in [1.165, 1.54) is 7.11 Å². The van der Waals surface area contributed by atoms with E-state index in [2.05, 4.69) is 20.8 Å². The third-order valence-electron chi connectivity index (χ3n) is 4.62. The first-order valence-electron chi connectivity index (χ1n) is 9.50. The molecule has 0 aliphatic rings. The van der Waals surface area contributed by atoms with E-state index in [9.17, 15) is 10.1 Å². The molecule has 3 aromatic rings. The molecule has 154 valence electrons. The van der Waals surface area contributed by atoms with Crippen LogP contribution < -0.4 is 9.47 Å². The lowest BCUT2D eigenvalue weighted by molar-refractivity contribution is -0.142. The normalized spacial score (nSPS) is 11.2. The Balaban J connectivity index is 1.94. The maximum absolute atomic E-state index is 11.3. The number of hydrogen-bond donors (Lipinski definition) is 1. The summed E-state index contributed by atoms with van der Waals surface area (Å²) < 4.78 is 15.7. The van der Waals surface area contributed by atoms with Crippen LogP contribution in [0.4, 0.5) is 0 Å². The van der Waals surface area contributed by atoms with Crippen LogP contribution >= 0.6 is 0 Å². The van der Waals surface area contributed by atoms with Crippen LogP contribution in [-0.2, 0) is 9.53 Å². The highest BCUT2D eigenvalue weighted by molar-refractivity contribution is 5.90. The molecule has 0 amide bonds. The Hall–Kier alpha value is -3.79. The Bertz CT molecular complexity index is 1120. The molecule has 1 aromatic heterocycles. The number of aryl methyl sites for hydroxylation is 2. The van der Waals surface area contributed by atoms with Gasteiger partial charge < -0.3 is 19.2 Å².